The fourth-order valence-corrected chi connectivity index (χ4v) is 6.59. The summed E-state index contributed by atoms with van der Waals surface area (Å²) in [6, 6.07) is 18.1. The number of carboxylic acids is 1. The van der Waals surface area contributed by atoms with Crippen molar-refractivity contribution in [2.24, 2.45) is 5.92 Å². The van der Waals surface area contributed by atoms with Crippen LogP contribution in [-0.4, -0.2) is 90.5 Å². The van der Waals surface area contributed by atoms with Gasteiger partial charge in [-0.15, -0.1) is 0 Å². The van der Waals surface area contributed by atoms with Crippen molar-refractivity contribution >= 4 is 23.6 Å². The number of aliphatic carboxylic acids is 1. The number of carboxylic acid groups (broad SMARTS) is 1. The van der Waals surface area contributed by atoms with Crippen LogP contribution in [0.4, 0.5) is 5.69 Å². The number of rotatable bonds is 8. The Kier molecular flexibility index (Phi) is 8.32. The first kappa shape index (κ1) is 31.3. The molecule has 12 nitrogen and oxygen atoms in total. The van der Waals surface area contributed by atoms with Crippen LogP contribution in [0.25, 0.3) is 6.08 Å². The second-order valence-corrected chi connectivity index (χ2v) is 11.6. The van der Waals surface area contributed by atoms with Gasteiger partial charge in [0.15, 0.2) is 17.0 Å². The summed E-state index contributed by atoms with van der Waals surface area (Å²) in [5.41, 5.74) is 0.161. The van der Waals surface area contributed by atoms with E-state index < -0.39 is 66.4 Å². The van der Waals surface area contributed by atoms with E-state index in [9.17, 15) is 45.3 Å². The average Bonchev–Trinajstić information content (AvgIpc) is 3.55. The molecule has 2 heterocycles. The van der Waals surface area contributed by atoms with E-state index in [0.717, 1.165) is 10.5 Å². The number of anilines is 1. The molecule has 3 aromatic carbocycles. The minimum absolute atomic E-state index is 0.0388. The van der Waals surface area contributed by atoms with Gasteiger partial charge in [0.25, 0.3) is 5.91 Å². The number of nitrogens with zero attached hydrogens (tertiary/aromatic N) is 1. The number of carbonyl (C=O) groups excluding carboxylic acids is 1. The molecule has 0 aromatic heterocycles. The Bertz CT molecular complexity index is 1670. The molecule has 2 aliphatic heterocycles. The van der Waals surface area contributed by atoms with Crippen molar-refractivity contribution in [3.8, 4) is 17.2 Å². The van der Waals surface area contributed by atoms with E-state index in [1.165, 1.54) is 42.5 Å². The van der Waals surface area contributed by atoms with Gasteiger partial charge in [0, 0.05) is 18.1 Å². The minimum atomic E-state index is -1.87. The monoisotopic (exact) mass is 631 g/mol. The van der Waals surface area contributed by atoms with Crippen LogP contribution in [0.1, 0.15) is 22.6 Å². The molecule has 3 aromatic rings. The molecule has 3 aliphatic rings. The molecule has 12 heteroatoms. The summed E-state index contributed by atoms with van der Waals surface area (Å²) in [6.07, 6.45) is -1.66. The first-order valence-electron chi connectivity index (χ1n) is 14.7. The van der Waals surface area contributed by atoms with E-state index in [4.69, 9.17) is 9.47 Å². The van der Waals surface area contributed by atoms with E-state index in [2.05, 4.69) is 0 Å². The van der Waals surface area contributed by atoms with Gasteiger partial charge in [-0.1, -0.05) is 54.6 Å². The Morgan fingerprint density at radius 3 is 2.35 bits per heavy atom. The van der Waals surface area contributed by atoms with Crippen molar-refractivity contribution in [3.63, 3.8) is 0 Å². The summed E-state index contributed by atoms with van der Waals surface area (Å²) in [5, 5.41) is 72.0. The number of aliphatic hydroxyl groups excluding tert-OH is 4. The Hall–Kier alpha value is -4.72. The second kappa shape index (κ2) is 12.2. The fourth-order valence-electron chi connectivity index (χ4n) is 6.59. The van der Waals surface area contributed by atoms with Crippen LogP contribution in [0.5, 0.6) is 17.2 Å². The van der Waals surface area contributed by atoms with E-state index in [-0.39, 0.29) is 23.1 Å². The highest BCUT2D eigenvalue weighted by atomic mass is 16.7. The van der Waals surface area contributed by atoms with Gasteiger partial charge in [-0.25, -0.2) is 4.79 Å². The van der Waals surface area contributed by atoms with E-state index in [0.29, 0.717) is 17.5 Å². The zero-order valence-electron chi connectivity index (χ0n) is 24.3. The molecule has 6 rings (SSSR count). The lowest BCUT2D eigenvalue weighted by molar-refractivity contribution is -0.277. The van der Waals surface area contributed by atoms with Crippen molar-refractivity contribution < 1.29 is 54.8 Å². The first-order chi connectivity index (χ1) is 22.0. The Morgan fingerprint density at radius 2 is 1.67 bits per heavy atom. The van der Waals surface area contributed by atoms with Crippen molar-refractivity contribution in [1.29, 1.82) is 0 Å². The molecular formula is C34H33NO11. The summed E-state index contributed by atoms with van der Waals surface area (Å²) >= 11 is 0. The highest BCUT2D eigenvalue weighted by Gasteiger charge is 2.62. The smallest absolute Gasteiger partial charge is 0.334 e. The molecular weight excluding hydrogens is 598 g/mol. The SMILES string of the molecule is O=C(C=Cc1ccc(O)cc1)N1c2cc(OC3OC(CO)C(O)C(O)C3O)c(O)cc2C2C(Cc3ccccc3)C=CC21C(=O)O. The Morgan fingerprint density at radius 1 is 0.957 bits per heavy atom. The topological polar surface area (TPSA) is 197 Å². The lowest BCUT2D eigenvalue weighted by Crippen LogP contribution is -2.60. The minimum Gasteiger partial charge on any atom is -0.508 e. The van der Waals surface area contributed by atoms with Crippen molar-refractivity contribution in [1.82, 2.24) is 0 Å². The number of phenols is 2. The maximum atomic E-state index is 14.0. The van der Waals surface area contributed by atoms with Gasteiger partial charge >= 0.3 is 5.97 Å². The maximum absolute atomic E-state index is 14.0. The van der Waals surface area contributed by atoms with E-state index in [1.54, 1.807) is 18.2 Å². The lowest BCUT2D eigenvalue weighted by Gasteiger charge is -2.39. The second-order valence-electron chi connectivity index (χ2n) is 11.6. The molecule has 8 atom stereocenters. The quantitative estimate of drug-likeness (QED) is 0.141. The number of allylic oxidation sites excluding steroid dienone is 1. The maximum Gasteiger partial charge on any atom is 0.334 e. The molecule has 240 valence electrons. The summed E-state index contributed by atoms with van der Waals surface area (Å²) in [6.45, 7) is -0.700. The Balaban J connectivity index is 1.43. The van der Waals surface area contributed by atoms with Gasteiger partial charge in [0.1, 0.15) is 30.2 Å². The summed E-state index contributed by atoms with van der Waals surface area (Å²) in [7, 11) is 0. The van der Waals surface area contributed by atoms with E-state index in [1.807, 2.05) is 30.3 Å². The molecule has 1 saturated heterocycles. The number of ether oxygens (including phenoxy) is 2. The molecule has 7 N–H and O–H groups in total. The predicted molar refractivity (Wildman–Crippen MR) is 163 cm³/mol. The van der Waals surface area contributed by atoms with Gasteiger partial charge in [-0.05, 0) is 53.3 Å². The zero-order valence-corrected chi connectivity index (χ0v) is 24.3. The number of fused-ring (bicyclic) bond motifs is 3. The molecule has 0 saturated carbocycles. The summed E-state index contributed by atoms with van der Waals surface area (Å²) < 4.78 is 11.2. The molecule has 0 radical (unpaired) electrons. The molecule has 0 bridgehead atoms. The van der Waals surface area contributed by atoms with Crippen molar-refractivity contribution in [3.05, 3.63) is 102 Å². The normalized spacial score (nSPS) is 29.9. The number of hydrogen-bond acceptors (Lipinski definition) is 10. The summed E-state index contributed by atoms with van der Waals surface area (Å²) in [5.74, 6) is -3.87. The van der Waals surface area contributed by atoms with Crippen LogP contribution in [-0.2, 0) is 20.7 Å². The number of carbonyl (C=O) groups is 2. The van der Waals surface area contributed by atoms with Gasteiger partial charge in [0.2, 0.25) is 6.29 Å². The van der Waals surface area contributed by atoms with Crippen LogP contribution >= 0.6 is 0 Å². The zero-order chi connectivity index (χ0) is 32.7. The number of amides is 1. The number of aliphatic hydroxyl groups is 4. The van der Waals surface area contributed by atoms with Crippen LogP contribution in [0.2, 0.25) is 0 Å². The van der Waals surface area contributed by atoms with Crippen LogP contribution in [0.3, 0.4) is 0 Å². The highest BCUT2D eigenvalue weighted by molar-refractivity contribution is 6.13. The fraction of sp³-hybridized carbons (Fsp3) is 0.294. The molecule has 1 fully saturated rings. The predicted octanol–water partition coefficient (Wildman–Crippen LogP) is 1.67. The highest BCUT2D eigenvalue weighted by Crippen LogP contribution is 2.58. The summed E-state index contributed by atoms with van der Waals surface area (Å²) in [4.78, 5) is 28.4. The molecule has 1 aliphatic carbocycles. The molecule has 1 amide bonds. The van der Waals surface area contributed by atoms with Gasteiger partial charge in [-0.2, -0.15) is 0 Å². The third kappa shape index (κ3) is 5.29. The van der Waals surface area contributed by atoms with E-state index >= 15 is 0 Å². The largest absolute Gasteiger partial charge is 0.508 e. The Labute approximate surface area is 263 Å². The van der Waals surface area contributed by atoms with Gasteiger partial charge in [0.05, 0.1) is 12.3 Å². The number of phenolic OH excluding ortho intramolecular Hbond substituents is 2. The lowest BCUT2D eigenvalue weighted by atomic mass is 9.77. The van der Waals surface area contributed by atoms with Crippen molar-refractivity contribution in [2.45, 2.75) is 48.6 Å². The van der Waals surface area contributed by atoms with Crippen molar-refractivity contribution in [2.75, 3.05) is 11.5 Å². The van der Waals surface area contributed by atoms with Crippen LogP contribution in [0.15, 0.2) is 85.0 Å². The standard InChI is InChI=1S/C34H33NO11/c36-17-26-29(40)30(41)31(42)32(46-26)45-25-16-23-22(15-24(25)38)28-20(14-19-4-2-1-3-5-19)12-13-34(28,33(43)44)35(23)27(39)11-8-18-6-9-21(37)10-7-18/h1-13,15-16,20,26,28-32,36-38,40-42H,14,17H2,(H,43,44). The first-order valence-corrected chi connectivity index (χ1v) is 14.7. The average molecular weight is 632 g/mol. The third-order valence-corrected chi connectivity index (χ3v) is 8.83. The van der Waals surface area contributed by atoms with Gasteiger partial charge in [-0.3, -0.25) is 9.69 Å². The number of aromatic hydroxyl groups is 2. The molecule has 0 spiro atoms. The molecule has 8 unspecified atom stereocenters. The third-order valence-electron chi connectivity index (χ3n) is 8.83. The number of hydrogen-bond donors (Lipinski definition) is 7. The van der Waals surface area contributed by atoms with Gasteiger partial charge < -0.3 is 45.2 Å². The molecule has 46 heavy (non-hydrogen) atoms. The van der Waals surface area contributed by atoms with Crippen LogP contribution in [0, 0.1) is 5.92 Å². The number of benzene rings is 3. The van der Waals surface area contributed by atoms with Crippen LogP contribution < -0.4 is 9.64 Å².